The Balaban J connectivity index is 2.11. The predicted octanol–water partition coefficient (Wildman–Crippen LogP) is 2.13. The van der Waals surface area contributed by atoms with E-state index in [1.165, 1.54) is 0 Å². The van der Waals surface area contributed by atoms with Gasteiger partial charge < -0.3 is 15.4 Å². The van der Waals surface area contributed by atoms with Gasteiger partial charge >= 0.3 is 0 Å². The molecule has 2 N–H and O–H groups in total. The van der Waals surface area contributed by atoms with E-state index in [1.54, 1.807) is 18.9 Å². The fourth-order valence-electron chi connectivity index (χ4n) is 2.00. The number of thioether (sulfide) groups is 1. The van der Waals surface area contributed by atoms with Gasteiger partial charge in [-0.1, -0.05) is 0 Å². The number of hydrogen-bond donors (Lipinski definition) is 1. The number of carbonyl (C=O) groups excluding carboxylic acids is 1. The van der Waals surface area contributed by atoms with Crippen molar-refractivity contribution in [2.45, 2.75) is 17.7 Å². The van der Waals surface area contributed by atoms with Gasteiger partial charge in [0.15, 0.2) is 0 Å². The summed E-state index contributed by atoms with van der Waals surface area (Å²) in [5, 5.41) is 0. The van der Waals surface area contributed by atoms with Gasteiger partial charge in [0.05, 0.1) is 5.69 Å². The number of nitrogens with zero attached hydrogens (tertiary/aromatic N) is 1. The van der Waals surface area contributed by atoms with Crippen molar-refractivity contribution in [2.24, 2.45) is 0 Å². The van der Waals surface area contributed by atoms with Crippen LogP contribution in [0.2, 0.25) is 0 Å². The molecule has 0 saturated heterocycles. The molecule has 18 heavy (non-hydrogen) atoms. The first-order chi connectivity index (χ1) is 8.72. The first-order valence-electron chi connectivity index (χ1n) is 6.04. The fourth-order valence-corrected chi connectivity index (χ4v) is 2.97. The number of benzene rings is 1. The molecule has 0 bridgehead atoms. The number of amides is 1. The van der Waals surface area contributed by atoms with Crippen LogP contribution in [0.15, 0.2) is 23.1 Å². The minimum atomic E-state index is 0.152. The zero-order valence-corrected chi connectivity index (χ0v) is 11.3. The molecule has 0 spiro atoms. The van der Waals surface area contributed by atoms with Crippen LogP contribution in [0.25, 0.3) is 0 Å². The summed E-state index contributed by atoms with van der Waals surface area (Å²) in [6, 6.07) is 5.75. The molecule has 98 valence electrons. The van der Waals surface area contributed by atoms with E-state index < -0.39 is 0 Å². The third-order valence-corrected chi connectivity index (χ3v) is 3.93. The molecule has 0 atom stereocenters. The average molecular weight is 266 g/mol. The topological polar surface area (TPSA) is 55.6 Å². The number of nitrogen functional groups attached to an aromatic ring is 1. The zero-order chi connectivity index (χ0) is 13.0. The van der Waals surface area contributed by atoms with Crippen molar-refractivity contribution in [1.82, 2.24) is 0 Å². The molecule has 0 saturated carbocycles. The number of nitrogens with two attached hydrogens (primary N) is 1. The van der Waals surface area contributed by atoms with Crippen molar-refractivity contribution in [1.29, 1.82) is 0 Å². The van der Waals surface area contributed by atoms with Crippen LogP contribution in [0.3, 0.4) is 0 Å². The Labute approximate surface area is 111 Å². The molecule has 1 aliphatic heterocycles. The quantitative estimate of drug-likeness (QED) is 0.670. The van der Waals surface area contributed by atoms with Gasteiger partial charge in [-0.2, -0.15) is 0 Å². The van der Waals surface area contributed by atoms with Crippen molar-refractivity contribution in [2.75, 3.05) is 36.6 Å². The molecular weight excluding hydrogens is 248 g/mol. The number of ether oxygens (including phenoxy) is 1. The van der Waals surface area contributed by atoms with E-state index in [0.717, 1.165) is 29.3 Å². The lowest BCUT2D eigenvalue weighted by atomic mass is 10.2. The number of methoxy groups -OCH3 is 1. The molecule has 1 aliphatic rings. The summed E-state index contributed by atoms with van der Waals surface area (Å²) in [6.45, 7) is 1.38. The molecule has 0 fully saturated rings. The molecular formula is C13H18N2O2S. The lowest BCUT2D eigenvalue weighted by Crippen LogP contribution is -2.35. The molecule has 5 heteroatoms. The number of anilines is 2. The lowest BCUT2D eigenvalue weighted by Gasteiger charge is -2.29. The number of hydrogen-bond acceptors (Lipinski definition) is 4. The first kappa shape index (κ1) is 13.2. The van der Waals surface area contributed by atoms with Crippen LogP contribution in [-0.4, -0.2) is 31.9 Å². The molecule has 0 aromatic heterocycles. The monoisotopic (exact) mass is 266 g/mol. The summed E-state index contributed by atoms with van der Waals surface area (Å²) in [5.41, 5.74) is 7.45. The van der Waals surface area contributed by atoms with Crippen molar-refractivity contribution < 1.29 is 9.53 Å². The van der Waals surface area contributed by atoms with Gasteiger partial charge in [0.2, 0.25) is 5.91 Å². The van der Waals surface area contributed by atoms with E-state index in [9.17, 15) is 4.79 Å². The van der Waals surface area contributed by atoms with Crippen LogP contribution in [0.1, 0.15) is 12.8 Å². The smallest absolute Gasteiger partial charge is 0.227 e. The molecule has 1 amide bonds. The van der Waals surface area contributed by atoms with Crippen molar-refractivity contribution in [3.05, 3.63) is 18.2 Å². The molecule has 1 aromatic carbocycles. The molecule has 0 unspecified atom stereocenters. The summed E-state index contributed by atoms with van der Waals surface area (Å²) >= 11 is 1.77. The zero-order valence-electron chi connectivity index (χ0n) is 10.5. The maximum atomic E-state index is 12.2. The molecule has 2 rings (SSSR count). The van der Waals surface area contributed by atoms with Crippen LogP contribution in [0.4, 0.5) is 11.4 Å². The van der Waals surface area contributed by atoms with E-state index >= 15 is 0 Å². The standard InChI is InChI=1S/C13H18N2O2S/c1-17-7-2-3-13(16)15-6-8-18-12-5-4-10(14)9-11(12)15/h4-5,9H,2-3,6-8,14H2,1H3. The Bertz CT molecular complexity index is 437. The van der Waals surface area contributed by atoms with Gasteiger partial charge in [0.25, 0.3) is 0 Å². The van der Waals surface area contributed by atoms with Gasteiger partial charge in [0.1, 0.15) is 0 Å². The SMILES string of the molecule is COCCCC(=O)N1CCSc2ccc(N)cc21. The van der Waals surface area contributed by atoms with Gasteiger partial charge in [-0.05, 0) is 24.6 Å². The predicted molar refractivity (Wildman–Crippen MR) is 75.0 cm³/mol. The van der Waals surface area contributed by atoms with E-state index in [1.807, 2.05) is 23.1 Å². The normalized spacial score (nSPS) is 14.4. The van der Waals surface area contributed by atoms with Crippen LogP contribution < -0.4 is 10.6 Å². The summed E-state index contributed by atoms with van der Waals surface area (Å²) in [4.78, 5) is 15.1. The molecule has 1 aromatic rings. The van der Waals surface area contributed by atoms with Crippen LogP contribution in [0, 0.1) is 0 Å². The second-order valence-electron chi connectivity index (χ2n) is 4.22. The van der Waals surface area contributed by atoms with E-state index in [-0.39, 0.29) is 5.91 Å². The summed E-state index contributed by atoms with van der Waals surface area (Å²) in [7, 11) is 1.65. The summed E-state index contributed by atoms with van der Waals surface area (Å²) in [5.74, 6) is 1.09. The summed E-state index contributed by atoms with van der Waals surface area (Å²) < 4.78 is 4.97. The number of fused-ring (bicyclic) bond motifs is 1. The van der Waals surface area contributed by atoms with Crippen molar-refractivity contribution in [3.8, 4) is 0 Å². The van der Waals surface area contributed by atoms with Crippen LogP contribution in [0.5, 0.6) is 0 Å². The maximum Gasteiger partial charge on any atom is 0.227 e. The molecule has 0 radical (unpaired) electrons. The fraction of sp³-hybridized carbons (Fsp3) is 0.462. The van der Waals surface area contributed by atoms with Crippen molar-refractivity contribution in [3.63, 3.8) is 0 Å². The maximum absolute atomic E-state index is 12.2. The minimum absolute atomic E-state index is 0.152. The Morgan fingerprint density at radius 3 is 3.17 bits per heavy atom. The first-order valence-corrected chi connectivity index (χ1v) is 7.02. The van der Waals surface area contributed by atoms with E-state index in [2.05, 4.69) is 0 Å². The van der Waals surface area contributed by atoms with Crippen molar-refractivity contribution >= 4 is 29.0 Å². The Morgan fingerprint density at radius 2 is 2.39 bits per heavy atom. The highest BCUT2D eigenvalue weighted by atomic mass is 32.2. The van der Waals surface area contributed by atoms with Gasteiger partial charge in [-0.3, -0.25) is 4.79 Å². The number of carbonyl (C=O) groups is 1. The summed E-state index contributed by atoms with van der Waals surface area (Å²) in [6.07, 6.45) is 1.28. The minimum Gasteiger partial charge on any atom is -0.399 e. The third kappa shape index (κ3) is 2.97. The van der Waals surface area contributed by atoms with E-state index in [0.29, 0.717) is 18.7 Å². The average Bonchev–Trinajstić information content (AvgIpc) is 2.38. The van der Waals surface area contributed by atoms with Gasteiger partial charge in [-0.15, -0.1) is 11.8 Å². The number of rotatable bonds is 4. The molecule has 1 heterocycles. The highest BCUT2D eigenvalue weighted by Crippen LogP contribution is 2.36. The highest BCUT2D eigenvalue weighted by Gasteiger charge is 2.22. The Hall–Kier alpha value is -1.20. The second kappa shape index (κ2) is 6.11. The highest BCUT2D eigenvalue weighted by molar-refractivity contribution is 7.99. The third-order valence-electron chi connectivity index (χ3n) is 2.89. The lowest BCUT2D eigenvalue weighted by molar-refractivity contribution is -0.118. The largest absolute Gasteiger partial charge is 0.399 e. The Morgan fingerprint density at radius 1 is 1.56 bits per heavy atom. The second-order valence-corrected chi connectivity index (χ2v) is 5.35. The Kier molecular flexibility index (Phi) is 4.49. The van der Waals surface area contributed by atoms with E-state index in [4.69, 9.17) is 10.5 Å². The van der Waals surface area contributed by atoms with Crippen LogP contribution in [-0.2, 0) is 9.53 Å². The van der Waals surface area contributed by atoms with Gasteiger partial charge in [-0.25, -0.2) is 0 Å². The van der Waals surface area contributed by atoms with Crippen LogP contribution >= 0.6 is 11.8 Å². The molecule has 0 aliphatic carbocycles. The molecule has 4 nitrogen and oxygen atoms in total. The van der Waals surface area contributed by atoms with Gasteiger partial charge in [0, 0.05) is 43.0 Å².